The van der Waals surface area contributed by atoms with E-state index in [1.165, 1.54) is 5.39 Å². The number of nitrogens with zero attached hydrogens (tertiary/aromatic N) is 1. The van der Waals surface area contributed by atoms with Gasteiger partial charge in [-0.2, -0.15) is 0 Å². The zero-order chi connectivity index (χ0) is 8.81. The number of benzene rings is 1. The molecule has 0 spiro atoms. The van der Waals surface area contributed by atoms with Gasteiger partial charge in [0.05, 0.1) is 0 Å². The zero-order valence-corrected chi connectivity index (χ0v) is 7.91. The van der Waals surface area contributed by atoms with Crippen LogP contribution in [0.15, 0.2) is 36.5 Å². The molecular weight excluding hydrogens is 239 g/mol. The third-order valence-electron chi connectivity index (χ3n) is 1.47. The summed E-state index contributed by atoms with van der Waals surface area (Å²) in [4.78, 5) is 3.89. The smallest absolute Gasteiger partial charge is 0.0396 e. The summed E-state index contributed by atoms with van der Waals surface area (Å²) in [5.41, 5.74) is 0. The van der Waals surface area contributed by atoms with E-state index in [2.05, 4.69) is 11.2 Å². The van der Waals surface area contributed by atoms with Gasteiger partial charge in [-0.25, -0.2) is 0 Å². The predicted octanol–water partition coefficient (Wildman–Crippen LogP) is 1.91. The van der Waals surface area contributed by atoms with Crippen molar-refractivity contribution in [2.45, 2.75) is 0 Å². The number of rotatable bonds is 0. The first-order valence-corrected chi connectivity index (χ1v) is 4.04. The van der Waals surface area contributed by atoms with Crippen molar-refractivity contribution >= 4 is 10.8 Å². The Bertz CT molecular complexity index is 299. The van der Waals surface area contributed by atoms with Gasteiger partial charge >= 0.3 is 21.8 Å². The molecule has 0 aliphatic heterocycles. The molecule has 1 aromatic carbocycles. The van der Waals surface area contributed by atoms with Crippen molar-refractivity contribution in [1.29, 1.82) is 0 Å². The largest absolute Gasteiger partial charge is 0.360 e. The van der Waals surface area contributed by atoms with E-state index in [0.717, 1.165) is 23.6 Å². The Balaban J connectivity index is 0.000000336. The Morgan fingerprint density at radius 2 is 1.92 bits per heavy atom. The minimum absolute atomic E-state index is 1.07. The minimum Gasteiger partial charge on any atom is -0.360 e. The van der Waals surface area contributed by atoms with Crippen molar-refractivity contribution in [3.63, 3.8) is 0 Å². The molecule has 0 radical (unpaired) electrons. The van der Waals surface area contributed by atoms with Crippen LogP contribution < -0.4 is 0 Å². The quantitative estimate of drug-likeness (QED) is 0.524. The summed E-state index contributed by atoms with van der Waals surface area (Å²) >= 11 is 1.10. The number of aromatic nitrogens is 1. The van der Waals surface area contributed by atoms with Crippen molar-refractivity contribution in [2.24, 2.45) is 0 Å². The Labute approximate surface area is 80.6 Å². The van der Waals surface area contributed by atoms with E-state index in [9.17, 15) is 0 Å². The Hall–Kier alpha value is -0.947. The van der Waals surface area contributed by atoms with Crippen LogP contribution >= 0.6 is 0 Å². The summed E-state index contributed by atoms with van der Waals surface area (Å²) in [5.74, 6) is 0. The molecule has 3 heteroatoms. The van der Waals surface area contributed by atoms with Gasteiger partial charge < -0.3 is 4.98 Å². The summed E-state index contributed by atoms with van der Waals surface area (Å²) in [5, 5.41) is 2.27. The molecule has 0 aliphatic rings. The van der Waals surface area contributed by atoms with Crippen LogP contribution in [0.4, 0.5) is 0 Å². The maximum atomic E-state index is 8.18. The Kier molecular flexibility index (Phi) is 3.68. The molecule has 0 bridgehead atoms. The average Bonchev–Trinajstić information content (AvgIpc) is 2.21. The van der Waals surface area contributed by atoms with E-state index in [0.29, 0.717) is 0 Å². The molecule has 2 nitrogen and oxygen atoms in total. The Morgan fingerprint density at radius 1 is 1.17 bits per heavy atom. The van der Waals surface area contributed by atoms with Crippen molar-refractivity contribution in [3.05, 3.63) is 42.7 Å². The van der Waals surface area contributed by atoms with E-state index in [4.69, 9.17) is 3.57 Å². The maximum Gasteiger partial charge on any atom is -0.0396 e. The SMILES string of the molecule is [O]=[Ru+].[c-]1nccc2ccccc12. The third kappa shape index (κ3) is 2.02. The standard InChI is InChI=1S/C9H6N.O.Ru/c1-2-4-9-7-10-6-5-8(9)3-1;;/h1-6H;;/q-1;;+1. The first-order valence-electron chi connectivity index (χ1n) is 3.33. The molecule has 2 aromatic rings. The van der Waals surface area contributed by atoms with Crippen LogP contribution in [0.1, 0.15) is 0 Å². The molecule has 0 saturated heterocycles. The van der Waals surface area contributed by atoms with Gasteiger partial charge in [-0.05, 0) is 6.20 Å². The zero-order valence-electron chi connectivity index (χ0n) is 6.17. The molecular formula is C9H6NORu. The predicted molar refractivity (Wildman–Crippen MR) is 41.3 cm³/mol. The fourth-order valence-corrected chi connectivity index (χ4v) is 0.969. The molecule has 12 heavy (non-hydrogen) atoms. The van der Waals surface area contributed by atoms with Crippen molar-refractivity contribution < 1.29 is 21.8 Å². The molecule has 0 unspecified atom stereocenters. The fourth-order valence-electron chi connectivity index (χ4n) is 0.969. The summed E-state index contributed by atoms with van der Waals surface area (Å²) in [7, 11) is 0. The molecule has 0 atom stereocenters. The first-order chi connectivity index (χ1) is 5.97. The van der Waals surface area contributed by atoms with E-state index >= 15 is 0 Å². The molecule has 0 fully saturated rings. The number of fused-ring (bicyclic) bond motifs is 1. The summed E-state index contributed by atoms with van der Waals surface area (Å²) in [6.45, 7) is 0. The van der Waals surface area contributed by atoms with Gasteiger partial charge in [0.1, 0.15) is 0 Å². The summed E-state index contributed by atoms with van der Waals surface area (Å²) < 4.78 is 8.18. The molecule has 1 heterocycles. The molecule has 0 aliphatic carbocycles. The number of hydrogen-bond acceptors (Lipinski definition) is 2. The first kappa shape index (κ1) is 9.14. The van der Waals surface area contributed by atoms with E-state index in [1.807, 2.05) is 30.3 Å². The van der Waals surface area contributed by atoms with Crippen molar-refractivity contribution in [2.75, 3.05) is 0 Å². The third-order valence-corrected chi connectivity index (χ3v) is 1.47. The monoisotopic (exact) mass is 246 g/mol. The molecule has 61 valence electrons. The van der Waals surface area contributed by atoms with E-state index in [1.54, 1.807) is 6.20 Å². The maximum absolute atomic E-state index is 8.18. The molecule has 2 rings (SSSR count). The normalized spacial score (nSPS) is 8.67. The molecule has 0 N–H and O–H groups in total. The number of pyridine rings is 1. The second-order valence-corrected chi connectivity index (χ2v) is 2.14. The minimum atomic E-state index is 1.07. The van der Waals surface area contributed by atoms with Crippen LogP contribution in [0.5, 0.6) is 0 Å². The summed E-state index contributed by atoms with van der Waals surface area (Å²) in [6.07, 6.45) is 4.65. The van der Waals surface area contributed by atoms with Crippen LogP contribution in [0.25, 0.3) is 10.8 Å². The summed E-state index contributed by atoms with van der Waals surface area (Å²) in [6, 6.07) is 10.0. The Morgan fingerprint density at radius 3 is 2.67 bits per heavy atom. The van der Waals surface area contributed by atoms with Gasteiger partial charge in [-0.3, -0.25) is 0 Å². The van der Waals surface area contributed by atoms with Crippen molar-refractivity contribution in [1.82, 2.24) is 4.98 Å². The van der Waals surface area contributed by atoms with Gasteiger partial charge in [-0.15, -0.1) is 29.0 Å². The van der Waals surface area contributed by atoms with Crippen LogP contribution in [0, 0.1) is 6.20 Å². The molecule has 1 aromatic heterocycles. The second kappa shape index (κ2) is 4.84. The fraction of sp³-hybridized carbons (Fsp3) is 0. The van der Waals surface area contributed by atoms with Gasteiger partial charge in [0.25, 0.3) is 0 Å². The van der Waals surface area contributed by atoms with Gasteiger partial charge in [0, 0.05) is 0 Å². The topological polar surface area (TPSA) is 30.0 Å². The van der Waals surface area contributed by atoms with Gasteiger partial charge in [-0.1, -0.05) is 18.3 Å². The van der Waals surface area contributed by atoms with Crippen LogP contribution in [0.3, 0.4) is 0 Å². The van der Waals surface area contributed by atoms with Crippen LogP contribution in [-0.4, -0.2) is 4.98 Å². The average molecular weight is 245 g/mol. The second-order valence-electron chi connectivity index (χ2n) is 2.14. The van der Waals surface area contributed by atoms with Gasteiger partial charge in [0.2, 0.25) is 0 Å². The molecule has 0 amide bonds. The van der Waals surface area contributed by atoms with Gasteiger partial charge in [0.15, 0.2) is 0 Å². The van der Waals surface area contributed by atoms with E-state index < -0.39 is 0 Å². The van der Waals surface area contributed by atoms with Crippen LogP contribution in [0.2, 0.25) is 0 Å². The van der Waals surface area contributed by atoms with Crippen molar-refractivity contribution in [3.8, 4) is 0 Å². The number of hydrogen-bond donors (Lipinski definition) is 0. The molecule has 0 saturated carbocycles. The van der Waals surface area contributed by atoms with E-state index in [-0.39, 0.29) is 0 Å². The van der Waals surface area contributed by atoms with Crippen LogP contribution in [-0.2, 0) is 21.8 Å².